The van der Waals surface area contributed by atoms with Gasteiger partial charge >= 0.3 is 5.97 Å². The molecule has 4 heteroatoms. The molecular weight excluding hydrogens is 288 g/mol. The van der Waals surface area contributed by atoms with E-state index in [4.69, 9.17) is 10.5 Å². The van der Waals surface area contributed by atoms with E-state index >= 15 is 0 Å². The summed E-state index contributed by atoms with van der Waals surface area (Å²) in [6.45, 7) is 8.51. The highest BCUT2D eigenvalue weighted by atomic mass is 16.5. The third-order valence-electron chi connectivity index (χ3n) is 3.67. The van der Waals surface area contributed by atoms with E-state index in [9.17, 15) is 4.79 Å². The third kappa shape index (κ3) is 4.25. The second kappa shape index (κ2) is 7.18. The lowest BCUT2D eigenvalue weighted by atomic mass is 10.0. The Labute approximate surface area is 137 Å². The maximum absolute atomic E-state index is 12.1. The molecule has 0 aliphatic carbocycles. The Morgan fingerprint density at radius 1 is 1.17 bits per heavy atom. The van der Waals surface area contributed by atoms with Gasteiger partial charge in [-0.05, 0) is 62.6 Å². The summed E-state index contributed by atoms with van der Waals surface area (Å²) >= 11 is 0. The highest BCUT2D eigenvalue weighted by molar-refractivity contribution is 5.94. The van der Waals surface area contributed by atoms with Crippen molar-refractivity contribution < 1.29 is 9.53 Å². The van der Waals surface area contributed by atoms with Crippen molar-refractivity contribution in [3.8, 4) is 0 Å². The van der Waals surface area contributed by atoms with Crippen LogP contribution in [0, 0.1) is 13.8 Å². The number of carbonyl (C=O) groups is 1. The number of para-hydroxylation sites is 1. The number of hydrogen-bond acceptors (Lipinski definition) is 4. The van der Waals surface area contributed by atoms with E-state index in [0.717, 1.165) is 22.4 Å². The quantitative estimate of drug-likeness (QED) is 0.645. The molecule has 23 heavy (non-hydrogen) atoms. The zero-order valence-electron chi connectivity index (χ0n) is 14.1. The van der Waals surface area contributed by atoms with Crippen LogP contribution in [0.25, 0.3) is 0 Å². The van der Waals surface area contributed by atoms with Crippen molar-refractivity contribution in [1.29, 1.82) is 0 Å². The van der Waals surface area contributed by atoms with E-state index in [1.54, 1.807) is 24.3 Å². The number of ether oxygens (including phenoxy) is 1. The second-order valence-corrected chi connectivity index (χ2v) is 6.06. The fourth-order valence-electron chi connectivity index (χ4n) is 2.40. The Morgan fingerprint density at radius 2 is 1.87 bits per heavy atom. The molecule has 0 saturated heterocycles. The SMILES string of the molecule is Cc1cc(NC(C)C)c(C)cc1COC(=O)c1ccccc1N. The van der Waals surface area contributed by atoms with E-state index in [0.29, 0.717) is 17.3 Å². The summed E-state index contributed by atoms with van der Waals surface area (Å²) in [6.07, 6.45) is 0. The van der Waals surface area contributed by atoms with Gasteiger partial charge in [-0.3, -0.25) is 0 Å². The standard InChI is InChI=1S/C19H24N2O2/c1-12(2)21-18-10-13(3)15(9-14(18)4)11-23-19(22)16-7-5-6-8-17(16)20/h5-10,12,21H,11,20H2,1-4H3. The number of esters is 1. The second-order valence-electron chi connectivity index (χ2n) is 6.06. The number of benzene rings is 2. The van der Waals surface area contributed by atoms with Crippen LogP contribution in [-0.4, -0.2) is 12.0 Å². The topological polar surface area (TPSA) is 64.3 Å². The Balaban J connectivity index is 2.10. The maximum atomic E-state index is 12.1. The minimum Gasteiger partial charge on any atom is -0.457 e. The Kier molecular flexibility index (Phi) is 5.27. The number of hydrogen-bond donors (Lipinski definition) is 2. The van der Waals surface area contributed by atoms with Gasteiger partial charge in [-0.25, -0.2) is 4.79 Å². The van der Waals surface area contributed by atoms with Crippen molar-refractivity contribution in [2.24, 2.45) is 0 Å². The lowest BCUT2D eigenvalue weighted by Gasteiger charge is -2.16. The molecule has 0 heterocycles. The first-order valence-electron chi connectivity index (χ1n) is 7.76. The van der Waals surface area contributed by atoms with Gasteiger partial charge in [0.15, 0.2) is 0 Å². The third-order valence-corrected chi connectivity index (χ3v) is 3.67. The first-order chi connectivity index (χ1) is 10.9. The number of nitrogens with one attached hydrogen (secondary N) is 1. The maximum Gasteiger partial charge on any atom is 0.340 e. The molecule has 4 nitrogen and oxygen atoms in total. The van der Waals surface area contributed by atoms with Gasteiger partial charge in [0.1, 0.15) is 6.61 Å². The molecule has 2 rings (SSSR count). The smallest absolute Gasteiger partial charge is 0.340 e. The molecule has 0 bridgehead atoms. The van der Waals surface area contributed by atoms with Gasteiger partial charge < -0.3 is 15.8 Å². The van der Waals surface area contributed by atoms with Crippen LogP contribution in [0.3, 0.4) is 0 Å². The van der Waals surface area contributed by atoms with Gasteiger partial charge in [-0.1, -0.05) is 18.2 Å². The van der Waals surface area contributed by atoms with Crippen molar-refractivity contribution in [3.63, 3.8) is 0 Å². The van der Waals surface area contributed by atoms with Crippen molar-refractivity contribution in [3.05, 3.63) is 58.7 Å². The normalized spacial score (nSPS) is 10.7. The lowest BCUT2D eigenvalue weighted by Crippen LogP contribution is -2.12. The van der Waals surface area contributed by atoms with Crippen molar-refractivity contribution in [1.82, 2.24) is 0 Å². The van der Waals surface area contributed by atoms with Crippen LogP contribution >= 0.6 is 0 Å². The largest absolute Gasteiger partial charge is 0.457 e. The van der Waals surface area contributed by atoms with Crippen molar-refractivity contribution in [2.45, 2.75) is 40.3 Å². The number of aryl methyl sites for hydroxylation is 2. The molecule has 0 spiro atoms. The highest BCUT2D eigenvalue weighted by Crippen LogP contribution is 2.22. The molecule has 0 aliphatic rings. The Hall–Kier alpha value is -2.49. The van der Waals surface area contributed by atoms with Gasteiger partial charge in [-0.2, -0.15) is 0 Å². The fraction of sp³-hybridized carbons (Fsp3) is 0.316. The molecule has 122 valence electrons. The van der Waals surface area contributed by atoms with E-state index in [1.165, 1.54) is 0 Å². The summed E-state index contributed by atoms with van der Waals surface area (Å²) in [4.78, 5) is 12.1. The number of carbonyl (C=O) groups excluding carboxylic acids is 1. The van der Waals surface area contributed by atoms with Gasteiger partial charge in [0, 0.05) is 17.4 Å². The molecule has 0 saturated carbocycles. The Morgan fingerprint density at radius 3 is 2.52 bits per heavy atom. The van der Waals surface area contributed by atoms with E-state index in [1.807, 2.05) is 13.8 Å². The predicted octanol–water partition coefficient (Wildman–Crippen LogP) is 4.06. The number of anilines is 2. The molecule has 0 amide bonds. The first kappa shape index (κ1) is 16.9. The molecule has 0 aliphatic heterocycles. The van der Waals surface area contributed by atoms with Crippen LogP contribution < -0.4 is 11.1 Å². The van der Waals surface area contributed by atoms with Crippen LogP contribution in [0.5, 0.6) is 0 Å². The van der Waals surface area contributed by atoms with Crippen LogP contribution in [0.2, 0.25) is 0 Å². The zero-order valence-corrected chi connectivity index (χ0v) is 14.1. The minimum atomic E-state index is -0.399. The predicted molar refractivity (Wildman–Crippen MR) is 94.6 cm³/mol. The van der Waals surface area contributed by atoms with E-state index < -0.39 is 5.97 Å². The van der Waals surface area contributed by atoms with Crippen molar-refractivity contribution in [2.75, 3.05) is 11.1 Å². The molecule has 0 fully saturated rings. The number of rotatable bonds is 5. The zero-order chi connectivity index (χ0) is 17.0. The summed E-state index contributed by atoms with van der Waals surface area (Å²) in [5, 5.41) is 3.41. The summed E-state index contributed by atoms with van der Waals surface area (Å²) in [5.74, 6) is -0.399. The minimum absolute atomic E-state index is 0.238. The molecule has 0 unspecified atom stereocenters. The van der Waals surface area contributed by atoms with Crippen LogP contribution in [-0.2, 0) is 11.3 Å². The molecule has 0 aromatic heterocycles. The first-order valence-corrected chi connectivity index (χ1v) is 7.76. The van der Waals surface area contributed by atoms with Crippen LogP contribution in [0.4, 0.5) is 11.4 Å². The highest BCUT2D eigenvalue weighted by Gasteiger charge is 2.12. The summed E-state index contributed by atoms with van der Waals surface area (Å²) in [7, 11) is 0. The number of nitrogen functional groups attached to an aromatic ring is 1. The van der Waals surface area contributed by atoms with Gasteiger partial charge in [0.2, 0.25) is 0 Å². The van der Waals surface area contributed by atoms with Crippen LogP contribution in [0.1, 0.15) is 40.9 Å². The monoisotopic (exact) mass is 312 g/mol. The lowest BCUT2D eigenvalue weighted by molar-refractivity contribution is 0.0473. The molecule has 2 aromatic carbocycles. The average Bonchev–Trinajstić information content (AvgIpc) is 2.49. The molecular formula is C19H24N2O2. The van der Waals surface area contributed by atoms with E-state index in [2.05, 4.69) is 31.3 Å². The summed E-state index contributed by atoms with van der Waals surface area (Å²) in [6, 6.07) is 11.5. The van der Waals surface area contributed by atoms with Gasteiger partial charge in [0.25, 0.3) is 0 Å². The molecule has 0 atom stereocenters. The van der Waals surface area contributed by atoms with E-state index in [-0.39, 0.29) is 6.61 Å². The summed E-state index contributed by atoms with van der Waals surface area (Å²) < 4.78 is 5.41. The van der Waals surface area contributed by atoms with Gasteiger partial charge in [0.05, 0.1) is 5.56 Å². The fourth-order valence-corrected chi connectivity index (χ4v) is 2.40. The molecule has 3 N–H and O–H groups in total. The average molecular weight is 312 g/mol. The summed E-state index contributed by atoms with van der Waals surface area (Å²) in [5.41, 5.74) is 11.0. The molecule has 2 aromatic rings. The van der Waals surface area contributed by atoms with Crippen molar-refractivity contribution >= 4 is 17.3 Å². The number of nitrogens with two attached hydrogens (primary N) is 1. The Bertz CT molecular complexity index is 709. The molecule has 0 radical (unpaired) electrons. The van der Waals surface area contributed by atoms with Gasteiger partial charge in [-0.15, -0.1) is 0 Å². The van der Waals surface area contributed by atoms with Crippen LogP contribution in [0.15, 0.2) is 36.4 Å².